The zero-order chi connectivity index (χ0) is 22.8. The fourth-order valence-corrected chi connectivity index (χ4v) is 3.83. The van der Waals surface area contributed by atoms with Crippen LogP contribution in [0.15, 0.2) is 30.5 Å². The van der Waals surface area contributed by atoms with E-state index in [4.69, 9.17) is 4.74 Å². The molecule has 31 heavy (non-hydrogen) atoms. The van der Waals surface area contributed by atoms with Gasteiger partial charge in [0.15, 0.2) is 0 Å². The molecule has 1 aliphatic rings. The third-order valence-corrected chi connectivity index (χ3v) is 5.41. The van der Waals surface area contributed by atoms with E-state index >= 15 is 0 Å². The van der Waals surface area contributed by atoms with Crippen LogP contribution in [0.1, 0.15) is 64.9 Å². The Morgan fingerprint density at radius 1 is 1.23 bits per heavy atom. The Labute approximate surface area is 184 Å². The molecule has 1 aromatic heterocycles. The van der Waals surface area contributed by atoms with Crippen LogP contribution in [-0.4, -0.2) is 45.1 Å². The lowest BCUT2D eigenvalue weighted by Crippen LogP contribution is -2.52. The van der Waals surface area contributed by atoms with Gasteiger partial charge in [0.25, 0.3) is 0 Å². The number of H-pyrrole nitrogens is 1. The van der Waals surface area contributed by atoms with Gasteiger partial charge in [-0.25, -0.2) is 9.78 Å². The average Bonchev–Trinajstić information content (AvgIpc) is 3.33. The van der Waals surface area contributed by atoms with Crippen LogP contribution >= 0.6 is 0 Å². The van der Waals surface area contributed by atoms with Crippen molar-refractivity contribution in [1.29, 1.82) is 0 Å². The first-order chi connectivity index (χ1) is 14.5. The summed E-state index contributed by atoms with van der Waals surface area (Å²) in [5.41, 5.74) is 2.58. The van der Waals surface area contributed by atoms with Gasteiger partial charge in [-0.1, -0.05) is 43.7 Å². The van der Waals surface area contributed by atoms with Crippen molar-refractivity contribution >= 4 is 12.0 Å². The number of nitrogens with one attached hydrogen (secondary N) is 2. The van der Waals surface area contributed by atoms with E-state index in [1.165, 1.54) is 5.56 Å². The molecule has 0 bridgehead atoms. The van der Waals surface area contributed by atoms with Crippen molar-refractivity contribution in [3.05, 3.63) is 41.9 Å². The maximum absolute atomic E-state index is 13.4. The number of hydrogen-bond acceptors (Lipinski definition) is 4. The molecule has 2 unspecified atom stereocenters. The van der Waals surface area contributed by atoms with Crippen LogP contribution in [0.3, 0.4) is 0 Å². The van der Waals surface area contributed by atoms with Crippen LogP contribution < -0.4 is 5.32 Å². The minimum absolute atomic E-state index is 0.0685. The first-order valence-electron chi connectivity index (χ1n) is 11.0. The van der Waals surface area contributed by atoms with Crippen molar-refractivity contribution in [2.45, 2.75) is 72.1 Å². The molecular formula is C24H34N4O3. The van der Waals surface area contributed by atoms with E-state index in [1.54, 1.807) is 20.8 Å². The standard InChI is InChI=1S/C24H34N4O3/c1-15(2)20(27-23(30)31-24(4,5)6)22(29)28-13-7-8-19(28)21-25-14-18(26-21)17-11-9-16(3)10-12-17/h9-12,14-15,19-20H,7-8,13H2,1-6H3,(H,25,26)(H,27,30). The Morgan fingerprint density at radius 3 is 2.52 bits per heavy atom. The number of likely N-dealkylation sites (tertiary alicyclic amines) is 1. The highest BCUT2D eigenvalue weighted by Gasteiger charge is 2.37. The predicted molar refractivity (Wildman–Crippen MR) is 120 cm³/mol. The SMILES string of the molecule is Cc1ccc(-c2cnc(C3CCCN3C(=O)C(NC(=O)OC(C)(C)C)C(C)C)[nH]2)cc1. The van der Waals surface area contributed by atoms with Gasteiger partial charge in [-0.15, -0.1) is 0 Å². The fraction of sp³-hybridized carbons (Fsp3) is 0.542. The van der Waals surface area contributed by atoms with Gasteiger partial charge >= 0.3 is 6.09 Å². The van der Waals surface area contributed by atoms with Gasteiger partial charge < -0.3 is 19.9 Å². The number of benzene rings is 1. The number of aromatic amines is 1. The van der Waals surface area contributed by atoms with E-state index in [0.29, 0.717) is 6.54 Å². The van der Waals surface area contributed by atoms with E-state index in [0.717, 1.165) is 29.9 Å². The molecule has 7 heteroatoms. The molecule has 1 saturated heterocycles. The van der Waals surface area contributed by atoms with Crippen molar-refractivity contribution in [3.8, 4) is 11.3 Å². The number of carbonyl (C=O) groups is 2. The Bertz CT molecular complexity index is 912. The van der Waals surface area contributed by atoms with Crippen LogP contribution in [0, 0.1) is 12.8 Å². The third kappa shape index (κ3) is 5.66. The van der Waals surface area contributed by atoms with Gasteiger partial charge in [0.1, 0.15) is 17.5 Å². The van der Waals surface area contributed by atoms with Gasteiger partial charge in [0.2, 0.25) is 5.91 Å². The van der Waals surface area contributed by atoms with Crippen molar-refractivity contribution in [2.24, 2.45) is 5.92 Å². The van der Waals surface area contributed by atoms with Crippen molar-refractivity contribution < 1.29 is 14.3 Å². The Morgan fingerprint density at radius 2 is 1.90 bits per heavy atom. The highest BCUT2D eigenvalue weighted by molar-refractivity contribution is 5.86. The summed E-state index contributed by atoms with van der Waals surface area (Å²) in [6, 6.07) is 7.47. The summed E-state index contributed by atoms with van der Waals surface area (Å²) in [6.07, 6.45) is 2.98. The average molecular weight is 427 g/mol. The van der Waals surface area contributed by atoms with Crippen LogP contribution in [0.5, 0.6) is 0 Å². The van der Waals surface area contributed by atoms with Crippen LogP contribution in [0.25, 0.3) is 11.3 Å². The van der Waals surface area contributed by atoms with Crippen LogP contribution in [0.4, 0.5) is 4.79 Å². The van der Waals surface area contributed by atoms with Gasteiger partial charge in [0, 0.05) is 6.54 Å². The molecule has 2 amide bonds. The van der Waals surface area contributed by atoms with E-state index in [9.17, 15) is 9.59 Å². The summed E-state index contributed by atoms with van der Waals surface area (Å²) in [5, 5.41) is 2.78. The lowest BCUT2D eigenvalue weighted by atomic mass is 10.0. The van der Waals surface area contributed by atoms with E-state index in [2.05, 4.69) is 46.5 Å². The monoisotopic (exact) mass is 426 g/mol. The van der Waals surface area contributed by atoms with Crippen molar-refractivity contribution in [3.63, 3.8) is 0 Å². The molecule has 2 aromatic rings. The second-order valence-electron chi connectivity index (χ2n) is 9.61. The number of aryl methyl sites for hydroxylation is 1. The molecule has 0 radical (unpaired) electrons. The van der Waals surface area contributed by atoms with Gasteiger partial charge in [-0.05, 0) is 52.0 Å². The molecule has 0 saturated carbocycles. The Kier molecular flexibility index (Phi) is 6.72. The first-order valence-corrected chi connectivity index (χ1v) is 11.0. The first kappa shape index (κ1) is 22.8. The number of nitrogens with zero attached hydrogens (tertiary/aromatic N) is 2. The molecule has 1 aromatic carbocycles. The zero-order valence-corrected chi connectivity index (χ0v) is 19.4. The highest BCUT2D eigenvalue weighted by atomic mass is 16.6. The maximum Gasteiger partial charge on any atom is 0.408 e. The minimum Gasteiger partial charge on any atom is -0.444 e. The second-order valence-corrected chi connectivity index (χ2v) is 9.61. The number of amides is 2. The molecule has 168 valence electrons. The van der Waals surface area contributed by atoms with Crippen molar-refractivity contribution in [1.82, 2.24) is 20.2 Å². The quantitative estimate of drug-likeness (QED) is 0.732. The second kappa shape index (κ2) is 9.12. The lowest BCUT2D eigenvalue weighted by Gasteiger charge is -2.31. The Hall–Kier alpha value is -2.83. The molecular weight excluding hydrogens is 392 g/mol. The summed E-state index contributed by atoms with van der Waals surface area (Å²) in [7, 11) is 0. The summed E-state index contributed by atoms with van der Waals surface area (Å²) >= 11 is 0. The Balaban J connectivity index is 1.76. The van der Waals surface area contributed by atoms with E-state index in [-0.39, 0.29) is 17.9 Å². The number of rotatable bonds is 5. The number of ether oxygens (including phenoxy) is 1. The molecule has 1 fully saturated rings. The normalized spacial score (nSPS) is 17.6. The minimum atomic E-state index is -0.651. The van der Waals surface area contributed by atoms with E-state index < -0.39 is 17.7 Å². The number of imidazole rings is 1. The summed E-state index contributed by atoms with van der Waals surface area (Å²) in [6.45, 7) is 12.0. The fourth-order valence-electron chi connectivity index (χ4n) is 3.83. The molecule has 7 nitrogen and oxygen atoms in total. The van der Waals surface area contributed by atoms with Crippen LogP contribution in [0.2, 0.25) is 0 Å². The molecule has 0 aliphatic carbocycles. The van der Waals surface area contributed by atoms with Gasteiger partial charge in [-0.3, -0.25) is 4.79 Å². The van der Waals surface area contributed by atoms with Crippen molar-refractivity contribution in [2.75, 3.05) is 6.54 Å². The maximum atomic E-state index is 13.4. The summed E-state index contributed by atoms with van der Waals surface area (Å²) in [5.74, 6) is 0.610. The molecule has 2 N–H and O–H groups in total. The van der Waals surface area contributed by atoms with E-state index in [1.807, 2.05) is 24.9 Å². The van der Waals surface area contributed by atoms with Gasteiger partial charge in [0.05, 0.1) is 17.9 Å². The molecule has 1 aliphatic heterocycles. The third-order valence-electron chi connectivity index (χ3n) is 5.41. The van der Waals surface area contributed by atoms with Gasteiger partial charge in [-0.2, -0.15) is 0 Å². The molecule has 2 heterocycles. The smallest absolute Gasteiger partial charge is 0.408 e. The number of aromatic nitrogens is 2. The molecule has 0 spiro atoms. The highest BCUT2D eigenvalue weighted by Crippen LogP contribution is 2.32. The van der Waals surface area contributed by atoms with Crippen LogP contribution in [-0.2, 0) is 9.53 Å². The topological polar surface area (TPSA) is 87.3 Å². The predicted octanol–water partition coefficient (Wildman–Crippen LogP) is 4.60. The number of alkyl carbamates (subject to hydrolysis) is 1. The summed E-state index contributed by atoms with van der Waals surface area (Å²) < 4.78 is 5.36. The molecule has 3 rings (SSSR count). The summed E-state index contributed by atoms with van der Waals surface area (Å²) in [4.78, 5) is 35.5. The number of hydrogen-bond donors (Lipinski definition) is 2. The lowest BCUT2D eigenvalue weighted by molar-refractivity contribution is -0.135. The largest absolute Gasteiger partial charge is 0.444 e. The number of carbonyl (C=O) groups excluding carboxylic acids is 2. The zero-order valence-electron chi connectivity index (χ0n) is 19.4. The molecule has 2 atom stereocenters.